The number of halogens is 1. The van der Waals surface area contributed by atoms with E-state index in [0.717, 1.165) is 18.4 Å². The third-order valence-corrected chi connectivity index (χ3v) is 4.35. The summed E-state index contributed by atoms with van der Waals surface area (Å²) in [5.41, 5.74) is 0.790. The van der Waals surface area contributed by atoms with E-state index in [4.69, 9.17) is 11.6 Å². The third-order valence-electron chi connectivity index (χ3n) is 2.41. The van der Waals surface area contributed by atoms with Gasteiger partial charge in [-0.05, 0) is 37.0 Å². The Labute approximate surface area is 108 Å². The van der Waals surface area contributed by atoms with Gasteiger partial charge in [-0.1, -0.05) is 29.8 Å². The molecule has 1 aromatic rings. The average molecular weight is 273 g/mol. The summed E-state index contributed by atoms with van der Waals surface area (Å²) >= 11 is 5.74. The summed E-state index contributed by atoms with van der Waals surface area (Å²) in [6.45, 7) is 3.61. The van der Waals surface area contributed by atoms with Gasteiger partial charge in [0.2, 0.25) is 0 Å². The fourth-order valence-electron chi connectivity index (χ4n) is 1.52. The highest BCUT2D eigenvalue weighted by Crippen LogP contribution is 2.13. The van der Waals surface area contributed by atoms with Crippen molar-refractivity contribution in [3.8, 4) is 0 Å². The molecule has 4 heteroatoms. The Morgan fingerprint density at radius 3 is 2.41 bits per heavy atom. The first kappa shape index (κ1) is 14.3. The van der Waals surface area contributed by atoms with E-state index in [1.54, 1.807) is 24.3 Å². The summed E-state index contributed by atoms with van der Waals surface area (Å²) in [5, 5.41) is 0.622. The summed E-state index contributed by atoms with van der Waals surface area (Å²) in [5.74, 6) is 0.335. The Kier molecular flexibility index (Phi) is 5.72. The van der Waals surface area contributed by atoms with Crippen molar-refractivity contribution in [1.29, 1.82) is 0 Å². The molecule has 17 heavy (non-hydrogen) atoms. The molecule has 1 aromatic carbocycles. The fraction of sp³-hybridized carbons (Fsp3) is 0.385. The largest absolute Gasteiger partial charge is 0.228 e. The standard InChI is InChI=1S/C13H17ClO2S/c1-2-3-4-5-10-17(15,16)11-12-6-8-13(14)9-7-12/h2,6-9H,1,3-5,10-11H2. The van der Waals surface area contributed by atoms with Gasteiger partial charge < -0.3 is 0 Å². The second-order valence-electron chi connectivity index (χ2n) is 4.00. The maximum Gasteiger partial charge on any atom is 0.154 e. The van der Waals surface area contributed by atoms with Crippen LogP contribution in [0.4, 0.5) is 0 Å². The summed E-state index contributed by atoms with van der Waals surface area (Å²) < 4.78 is 23.6. The van der Waals surface area contributed by atoms with Crippen molar-refractivity contribution in [2.24, 2.45) is 0 Å². The molecule has 0 spiro atoms. The number of hydrogen-bond acceptors (Lipinski definition) is 2. The maximum atomic E-state index is 11.8. The van der Waals surface area contributed by atoms with Crippen LogP contribution in [0.3, 0.4) is 0 Å². The molecule has 0 atom stereocenters. The molecule has 0 radical (unpaired) electrons. The Balaban J connectivity index is 2.48. The van der Waals surface area contributed by atoms with Crippen LogP contribution in [0.15, 0.2) is 36.9 Å². The minimum Gasteiger partial charge on any atom is -0.228 e. The Morgan fingerprint density at radius 2 is 1.82 bits per heavy atom. The molecule has 0 aliphatic rings. The van der Waals surface area contributed by atoms with Crippen molar-refractivity contribution in [1.82, 2.24) is 0 Å². The molecular formula is C13H17ClO2S. The van der Waals surface area contributed by atoms with Gasteiger partial charge >= 0.3 is 0 Å². The van der Waals surface area contributed by atoms with E-state index in [1.807, 2.05) is 6.08 Å². The zero-order valence-electron chi connectivity index (χ0n) is 9.73. The lowest BCUT2D eigenvalue weighted by Gasteiger charge is -2.04. The molecule has 0 saturated heterocycles. The van der Waals surface area contributed by atoms with E-state index >= 15 is 0 Å². The monoisotopic (exact) mass is 272 g/mol. The Bertz CT molecular complexity index is 449. The van der Waals surface area contributed by atoms with Crippen LogP contribution in [-0.2, 0) is 15.6 Å². The molecule has 0 bridgehead atoms. The molecule has 2 nitrogen and oxygen atoms in total. The molecule has 1 rings (SSSR count). The fourth-order valence-corrected chi connectivity index (χ4v) is 3.13. The van der Waals surface area contributed by atoms with E-state index < -0.39 is 9.84 Å². The first-order chi connectivity index (χ1) is 8.03. The van der Waals surface area contributed by atoms with Crippen molar-refractivity contribution in [3.63, 3.8) is 0 Å². The van der Waals surface area contributed by atoms with Crippen molar-refractivity contribution in [2.45, 2.75) is 25.0 Å². The highest BCUT2D eigenvalue weighted by Gasteiger charge is 2.11. The van der Waals surface area contributed by atoms with Crippen LogP contribution < -0.4 is 0 Å². The van der Waals surface area contributed by atoms with Crippen molar-refractivity contribution in [2.75, 3.05) is 5.75 Å². The smallest absolute Gasteiger partial charge is 0.154 e. The molecule has 0 fully saturated rings. The second kappa shape index (κ2) is 6.82. The van der Waals surface area contributed by atoms with Crippen LogP contribution in [0.2, 0.25) is 5.02 Å². The average Bonchev–Trinajstić information content (AvgIpc) is 2.27. The molecule has 0 N–H and O–H groups in total. The van der Waals surface area contributed by atoms with Crippen LogP contribution in [0.5, 0.6) is 0 Å². The summed E-state index contributed by atoms with van der Waals surface area (Å²) in [4.78, 5) is 0. The second-order valence-corrected chi connectivity index (χ2v) is 6.62. The Hall–Kier alpha value is -0.800. The van der Waals surface area contributed by atoms with Crippen LogP contribution in [0.1, 0.15) is 24.8 Å². The van der Waals surface area contributed by atoms with Crippen LogP contribution in [-0.4, -0.2) is 14.2 Å². The van der Waals surface area contributed by atoms with Crippen LogP contribution >= 0.6 is 11.6 Å². The van der Waals surface area contributed by atoms with Crippen molar-refractivity contribution < 1.29 is 8.42 Å². The number of rotatable bonds is 7. The van der Waals surface area contributed by atoms with E-state index in [1.165, 1.54) is 0 Å². The molecule has 0 aliphatic carbocycles. The van der Waals surface area contributed by atoms with E-state index in [-0.39, 0.29) is 11.5 Å². The van der Waals surface area contributed by atoms with Gasteiger partial charge in [0.25, 0.3) is 0 Å². The van der Waals surface area contributed by atoms with Gasteiger partial charge in [-0.15, -0.1) is 6.58 Å². The number of benzene rings is 1. The lowest BCUT2D eigenvalue weighted by atomic mass is 10.2. The predicted octanol–water partition coefficient (Wildman–Crippen LogP) is 3.61. The minimum absolute atomic E-state index is 0.0955. The molecular weight excluding hydrogens is 256 g/mol. The summed E-state index contributed by atoms with van der Waals surface area (Å²) in [6, 6.07) is 6.93. The lowest BCUT2D eigenvalue weighted by Crippen LogP contribution is -2.09. The zero-order valence-corrected chi connectivity index (χ0v) is 11.3. The SMILES string of the molecule is C=CCCCCS(=O)(=O)Cc1ccc(Cl)cc1. The van der Waals surface area contributed by atoms with Crippen molar-refractivity contribution >= 4 is 21.4 Å². The normalized spacial score (nSPS) is 11.4. The number of hydrogen-bond donors (Lipinski definition) is 0. The quantitative estimate of drug-likeness (QED) is 0.561. The van der Waals surface area contributed by atoms with Gasteiger partial charge in [0.15, 0.2) is 9.84 Å². The van der Waals surface area contributed by atoms with Crippen molar-refractivity contribution in [3.05, 3.63) is 47.5 Å². The first-order valence-electron chi connectivity index (χ1n) is 5.59. The zero-order chi connectivity index (χ0) is 12.7. The molecule has 0 aliphatic heterocycles. The van der Waals surface area contributed by atoms with Gasteiger partial charge in [-0.3, -0.25) is 0 Å². The van der Waals surface area contributed by atoms with Gasteiger partial charge in [0.05, 0.1) is 11.5 Å². The topological polar surface area (TPSA) is 34.1 Å². The number of allylic oxidation sites excluding steroid dienone is 1. The van der Waals surface area contributed by atoms with E-state index in [0.29, 0.717) is 11.4 Å². The highest BCUT2D eigenvalue weighted by molar-refractivity contribution is 7.90. The number of unbranched alkanes of at least 4 members (excludes halogenated alkanes) is 2. The summed E-state index contributed by atoms with van der Waals surface area (Å²) in [6.07, 6.45) is 4.26. The lowest BCUT2D eigenvalue weighted by molar-refractivity contribution is 0.591. The van der Waals surface area contributed by atoms with Crippen LogP contribution in [0, 0.1) is 0 Å². The van der Waals surface area contributed by atoms with Gasteiger partial charge in [0.1, 0.15) is 0 Å². The maximum absolute atomic E-state index is 11.8. The van der Waals surface area contributed by atoms with Gasteiger partial charge in [-0.25, -0.2) is 8.42 Å². The van der Waals surface area contributed by atoms with E-state index in [2.05, 4.69) is 6.58 Å². The molecule has 0 heterocycles. The predicted molar refractivity (Wildman–Crippen MR) is 73.0 cm³/mol. The molecule has 0 aromatic heterocycles. The van der Waals surface area contributed by atoms with Crippen LogP contribution in [0.25, 0.3) is 0 Å². The molecule has 0 amide bonds. The van der Waals surface area contributed by atoms with Gasteiger partial charge in [-0.2, -0.15) is 0 Å². The molecule has 94 valence electrons. The Morgan fingerprint density at radius 1 is 1.18 bits per heavy atom. The van der Waals surface area contributed by atoms with E-state index in [9.17, 15) is 8.42 Å². The first-order valence-corrected chi connectivity index (χ1v) is 7.79. The number of sulfone groups is 1. The molecule has 0 unspecified atom stereocenters. The molecule has 0 saturated carbocycles. The minimum atomic E-state index is -3.01. The highest BCUT2D eigenvalue weighted by atomic mass is 35.5. The summed E-state index contributed by atoms with van der Waals surface area (Å²) in [7, 11) is -3.01. The van der Waals surface area contributed by atoms with Gasteiger partial charge in [0, 0.05) is 5.02 Å². The third kappa shape index (κ3) is 5.89.